The Hall–Kier alpha value is -0.890. The van der Waals surface area contributed by atoms with Gasteiger partial charge in [-0.2, -0.15) is 0 Å². The standard InChI is InChI=1S/C14H22FN3O.HI/c1-4-18(5-2)13(16)17-10-14(3,19)11-6-8-12(15)9-7-11;/h6-9,19H,4-5,10H2,1-3H3,(H2,16,17);1H. The minimum absolute atomic E-state index is 0. The van der Waals surface area contributed by atoms with E-state index in [0.29, 0.717) is 11.5 Å². The summed E-state index contributed by atoms with van der Waals surface area (Å²) in [6, 6.07) is 5.75. The number of hydrogen-bond donors (Lipinski definition) is 2. The first-order valence-electron chi connectivity index (χ1n) is 6.44. The van der Waals surface area contributed by atoms with Gasteiger partial charge in [-0.1, -0.05) is 12.1 Å². The molecule has 0 bridgehead atoms. The third-order valence-corrected chi connectivity index (χ3v) is 3.10. The Morgan fingerprint density at radius 2 is 1.80 bits per heavy atom. The number of aliphatic imine (C=N–C) groups is 1. The topological polar surface area (TPSA) is 61.8 Å². The van der Waals surface area contributed by atoms with E-state index in [1.165, 1.54) is 12.1 Å². The minimum Gasteiger partial charge on any atom is -0.384 e. The minimum atomic E-state index is -1.16. The Labute approximate surface area is 136 Å². The molecule has 0 aliphatic carbocycles. The lowest BCUT2D eigenvalue weighted by molar-refractivity contribution is 0.0670. The second kappa shape index (κ2) is 8.41. The van der Waals surface area contributed by atoms with Crippen molar-refractivity contribution in [1.82, 2.24) is 4.90 Å². The van der Waals surface area contributed by atoms with Crippen LogP contribution in [0.25, 0.3) is 0 Å². The van der Waals surface area contributed by atoms with Crippen LogP contribution < -0.4 is 5.73 Å². The fourth-order valence-electron chi connectivity index (χ4n) is 1.78. The first-order chi connectivity index (χ1) is 8.90. The average molecular weight is 395 g/mol. The molecular formula is C14H23FIN3O. The molecule has 3 N–H and O–H groups in total. The fraction of sp³-hybridized carbons (Fsp3) is 0.500. The summed E-state index contributed by atoms with van der Waals surface area (Å²) in [5.74, 6) is 0.0816. The van der Waals surface area contributed by atoms with E-state index < -0.39 is 5.60 Å². The molecule has 1 atom stereocenters. The highest BCUT2D eigenvalue weighted by Gasteiger charge is 2.23. The Bertz CT molecular complexity index is 431. The average Bonchev–Trinajstić information content (AvgIpc) is 2.38. The van der Waals surface area contributed by atoms with E-state index in [0.717, 1.165) is 13.1 Å². The van der Waals surface area contributed by atoms with Crippen LogP contribution in [0.2, 0.25) is 0 Å². The van der Waals surface area contributed by atoms with Crippen LogP contribution in [-0.4, -0.2) is 35.6 Å². The molecule has 0 aliphatic heterocycles. The normalized spacial score (nSPS) is 14.3. The molecule has 0 aromatic heterocycles. The van der Waals surface area contributed by atoms with Crippen LogP contribution in [0.5, 0.6) is 0 Å². The maximum atomic E-state index is 12.9. The highest BCUT2D eigenvalue weighted by atomic mass is 127. The van der Waals surface area contributed by atoms with Crippen molar-refractivity contribution in [3.05, 3.63) is 35.6 Å². The van der Waals surface area contributed by atoms with E-state index in [1.54, 1.807) is 19.1 Å². The number of nitrogens with two attached hydrogens (primary N) is 1. The van der Waals surface area contributed by atoms with Gasteiger partial charge >= 0.3 is 0 Å². The summed E-state index contributed by atoms with van der Waals surface area (Å²) in [5.41, 5.74) is 5.31. The molecule has 4 nitrogen and oxygen atoms in total. The van der Waals surface area contributed by atoms with E-state index in [4.69, 9.17) is 5.73 Å². The van der Waals surface area contributed by atoms with Crippen LogP contribution in [-0.2, 0) is 5.60 Å². The van der Waals surface area contributed by atoms with Gasteiger partial charge in [-0.3, -0.25) is 0 Å². The van der Waals surface area contributed by atoms with Crippen LogP contribution in [0.1, 0.15) is 26.3 Å². The number of rotatable bonds is 5. The zero-order valence-corrected chi connectivity index (χ0v) is 14.5. The van der Waals surface area contributed by atoms with Crippen LogP contribution in [0.15, 0.2) is 29.3 Å². The Kier molecular flexibility index (Phi) is 8.03. The number of nitrogens with zero attached hydrogens (tertiary/aromatic N) is 2. The molecule has 0 spiro atoms. The number of halogens is 2. The quantitative estimate of drug-likeness (QED) is 0.457. The van der Waals surface area contributed by atoms with E-state index in [1.807, 2.05) is 18.7 Å². The van der Waals surface area contributed by atoms with Gasteiger partial charge in [-0.25, -0.2) is 9.38 Å². The second-order valence-electron chi connectivity index (χ2n) is 4.63. The van der Waals surface area contributed by atoms with Gasteiger partial charge in [-0.15, -0.1) is 24.0 Å². The van der Waals surface area contributed by atoms with Gasteiger partial charge in [0.25, 0.3) is 0 Å². The number of benzene rings is 1. The van der Waals surface area contributed by atoms with Crippen molar-refractivity contribution in [2.24, 2.45) is 10.7 Å². The Morgan fingerprint density at radius 1 is 1.30 bits per heavy atom. The molecule has 1 unspecified atom stereocenters. The smallest absolute Gasteiger partial charge is 0.191 e. The lowest BCUT2D eigenvalue weighted by atomic mass is 9.96. The molecule has 1 aromatic carbocycles. The largest absolute Gasteiger partial charge is 0.384 e. The zero-order chi connectivity index (χ0) is 14.5. The molecule has 0 saturated carbocycles. The first kappa shape index (κ1) is 19.1. The summed E-state index contributed by atoms with van der Waals surface area (Å²) in [6.07, 6.45) is 0. The molecule has 0 amide bonds. The molecule has 0 aliphatic rings. The van der Waals surface area contributed by atoms with Crippen molar-refractivity contribution in [2.75, 3.05) is 19.6 Å². The number of hydrogen-bond acceptors (Lipinski definition) is 2. The summed E-state index contributed by atoms with van der Waals surface area (Å²) in [7, 11) is 0. The molecule has 1 aromatic rings. The van der Waals surface area contributed by atoms with Crippen molar-refractivity contribution in [2.45, 2.75) is 26.4 Å². The van der Waals surface area contributed by atoms with Crippen LogP contribution >= 0.6 is 24.0 Å². The summed E-state index contributed by atoms with van der Waals surface area (Å²) < 4.78 is 12.9. The molecule has 0 radical (unpaired) electrons. The third kappa shape index (κ3) is 5.24. The molecule has 0 fully saturated rings. The van der Waals surface area contributed by atoms with Gasteiger partial charge in [0, 0.05) is 13.1 Å². The SMILES string of the molecule is CCN(CC)C(N)=NCC(C)(O)c1ccc(F)cc1.I. The molecule has 1 rings (SSSR count). The summed E-state index contributed by atoms with van der Waals surface area (Å²) >= 11 is 0. The molecular weight excluding hydrogens is 372 g/mol. The van der Waals surface area contributed by atoms with Gasteiger partial charge in [0.1, 0.15) is 11.4 Å². The van der Waals surface area contributed by atoms with Crippen molar-refractivity contribution in [3.8, 4) is 0 Å². The van der Waals surface area contributed by atoms with E-state index in [2.05, 4.69) is 4.99 Å². The molecule has 114 valence electrons. The van der Waals surface area contributed by atoms with Gasteiger partial charge < -0.3 is 15.7 Å². The second-order valence-corrected chi connectivity index (χ2v) is 4.63. The van der Waals surface area contributed by atoms with Crippen LogP contribution in [0.4, 0.5) is 4.39 Å². The number of aliphatic hydroxyl groups is 1. The van der Waals surface area contributed by atoms with Gasteiger partial charge in [-0.05, 0) is 38.5 Å². The lowest BCUT2D eigenvalue weighted by Gasteiger charge is -2.24. The summed E-state index contributed by atoms with van der Waals surface area (Å²) in [5, 5.41) is 10.3. The van der Waals surface area contributed by atoms with Crippen molar-refractivity contribution in [1.29, 1.82) is 0 Å². The maximum absolute atomic E-state index is 12.9. The van der Waals surface area contributed by atoms with Crippen molar-refractivity contribution in [3.63, 3.8) is 0 Å². The first-order valence-corrected chi connectivity index (χ1v) is 6.44. The van der Waals surface area contributed by atoms with Crippen LogP contribution in [0, 0.1) is 5.82 Å². The van der Waals surface area contributed by atoms with Gasteiger partial charge in [0.2, 0.25) is 0 Å². The van der Waals surface area contributed by atoms with Crippen molar-refractivity contribution < 1.29 is 9.50 Å². The van der Waals surface area contributed by atoms with Gasteiger partial charge in [0.15, 0.2) is 5.96 Å². The molecule has 0 heterocycles. The lowest BCUT2D eigenvalue weighted by Crippen LogP contribution is -2.38. The molecule has 20 heavy (non-hydrogen) atoms. The van der Waals surface area contributed by atoms with Crippen LogP contribution in [0.3, 0.4) is 0 Å². The third-order valence-electron chi connectivity index (χ3n) is 3.10. The number of guanidine groups is 1. The van der Waals surface area contributed by atoms with E-state index >= 15 is 0 Å². The Balaban J connectivity index is 0.00000361. The monoisotopic (exact) mass is 395 g/mol. The van der Waals surface area contributed by atoms with E-state index in [-0.39, 0.29) is 36.3 Å². The fourth-order valence-corrected chi connectivity index (χ4v) is 1.78. The zero-order valence-electron chi connectivity index (χ0n) is 12.1. The summed E-state index contributed by atoms with van der Waals surface area (Å²) in [6.45, 7) is 7.29. The predicted molar refractivity (Wildman–Crippen MR) is 90.8 cm³/mol. The summed E-state index contributed by atoms with van der Waals surface area (Å²) in [4.78, 5) is 6.12. The highest BCUT2D eigenvalue weighted by Crippen LogP contribution is 2.21. The predicted octanol–water partition coefficient (Wildman–Crippen LogP) is 2.31. The van der Waals surface area contributed by atoms with Crippen molar-refractivity contribution >= 4 is 29.9 Å². The maximum Gasteiger partial charge on any atom is 0.191 e. The molecule has 0 saturated heterocycles. The highest BCUT2D eigenvalue weighted by molar-refractivity contribution is 14.0. The van der Waals surface area contributed by atoms with E-state index in [9.17, 15) is 9.50 Å². The van der Waals surface area contributed by atoms with Gasteiger partial charge in [0.05, 0.1) is 6.54 Å². The Morgan fingerprint density at radius 3 is 2.25 bits per heavy atom. The molecule has 6 heteroatoms.